The Labute approximate surface area is 145 Å². The zero-order valence-electron chi connectivity index (χ0n) is 12.0. The maximum absolute atomic E-state index is 10.2. The zero-order valence-corrected chi connectivity index (χ0v) is 14.1. The molecule has 2 saturated heterocycles. The fourth-order valence-corrected chi connectivity index (χ4v) is 3.52. The van der Waals surface area contributed by atoms with E-state index in [2.05, 4.69) is 0 Å². The molecule has 0 spiro atoms. The summed E-state index contributed by atoms with van der Waals surface area (Å²) in [6.07, 6.45) is -9.86. The Balaban J connectivity index is 2.18. The van der Waals surface area contributed by atoms with Gasteiger partial charge in [0.25, 0.3) is 0 Å². The normalized spacial score (nSPS) is 51.1. The fourth-order valence-electron chi connectivity index (χ4n) is 2.60. The largest absolute Gasteiger partial charge is 0.394 e. The molecule has 2 rings (SSSR count). The first kappa shape index (κ1) is 19.7. The third-order valence-electron chi connectivity index (χ3n) is 4.02. The van der Waals surface area contributed by atoms with Gasteiger partial charge in [0.1, 0.15) is 37.1 Å². The SMILES string of the molecule is OCC1O[C@H](OC2(CO)O[C@H](CO)C(I)C2O)C(O)[C@@H](O)[C@@H]1O. The second-order valence-corrected chi connectivity index (χ2v) is 6.95. The van der Waals surface area contributed by atoms with Crippen LogP contribution in [0.4, 0.5) is 0 Å². The predicted octanol–water partition coefficient (Wildman–Crippen LogP) is -3.95. The first-order valence-electron chi connectivity index (χ1n) is 7.01. The van der Waals surface area contributed by atoms with Gasteiger partial charge in [-0.3, -0.25) is 0 Å². The quantitative estimate of drug-likeness (QED) is 0.162. The molecule has 0 aromatic carbocycles. The standard InChI is InChI=1S/C12H21IO10/c13-6-4(1-14)22-12(3-16,10(6)20)23-11-9(19)8(18)7(17)5(2-15)21-11/h4-11,14-20H,1-3H2/t4-,5?,6?,7-,8+,9?,10?,11-,12?/m1/s1. The first-order chi connectivity index (χ1) is 10.8. The topological polar surface area (TPSA) is 169 Å². The van der Waals surface area contributed by atoms with Crippen LogP contribution in [0.5, 0.6) is 0 Å². The van der Waals surface area contributed by atoms with E-state index in [0.717, 1.165) is 0 Å². The van der Waals surface area contributed by atoms with E-state index in [1.807, 2.05) is 22.6 Å². The molecule has 5 unspecified atom stereocenters. The zero-order chi connectivity index (χ0) is 17.4. The third-order valence-corrected chi connectivity index (χ3v) is 5.51. The Kier molecular flexibility index (Phi) is 6.58. The van der Waals surface area contributed by atoms with Crippen LogP contribution in [0, 0.1) is 0 Å². The highest BCUT2D eigenvalue weighted by Gasteiger charge is 2.57. The Morgan fingerprint density at radius 3 is 2.00 bits per heavy atom. The molecule has 0 bridgehead atoms. The molecule has 2 fully saturated rings. The Bertz CT molecular complexity index is 398. The molecule has 0 radical (unpaired) electrons. The lowest BCUT2D eigenvalue weighted by atomic mass is 9.99. The van der Waals surface area contributed by atoms with E-state index in [4.69, 9.17) is 19.3 Å². The highest BCUT2D eigenvalue weighted by Crippen LogP contribution is 2.38. The number of hydrogen-bond acceptors (Lipinski definition) is 10. The summed E-state index contributed by atoms with van der Waals surface area (Å²) in [6, 6.07) is 0. The highest BCUT2D eigenvalue weighted by molar-refractivity contribution is 14.1. The smallest absolute Gasteiger partial charge is 0.222 e. The lowest BCUT2D eigenvalue weighted by Crippen LogP contribution is -2.62. The van der Waals surface area contributed by atoms with Crippen LogP contribution in [0.25, 0.3) is 0 Å². The van der Waals surface area contributed by atoms with Crippen LogP contribution in [0.15, 0.2) is 0 Å². The summed E-state index contributed by atoms with van der Waals surface area (Å²) in [5.41, 5.74) is 0. The van der Waals surface area contributed by atoms with Crippen LogP contribution in [0.2, 0.25) is 0 Å². The second kappa shape index (κ2) is 7.70. The summed E-state index contributed by atoms with van der Waals surface area (Å²) < 4.78 is 15.3. The van der Waals surface area contributed by atoms with Crippen molar-refractivity contribution in [3.8, 4) is 0 Å². The summed E-state index contributed by atoms with van der Waals surface area (Å²) in [5, 5.41) is 67.6. The number of aliphatic hydroxyl groups is 7. The maximum atomic E-state index is 10.2. The van der Waals surface area contributed by atoms with Crippen LogP contribution >= 0.6 is 22.6 Å². The van der Waals surface area contributed by atoms with E-state index >= 15 is 0 Å². The molecule has 2 aliphatic rings. The average molecular weight is 452 g/mol. The van der Waals surface area contributed by atoms with Gasteiger partial charge in [0.15, 0.2) is 6.29 Å². The summed E-state index contributed by atoms with van der Waals surface area (Å²) in [5.74, 6) is -1.98. The van der Waals surface area contributed by atoms with Crippen LogP contribution in [-0.4, -0.2) is 108 Å². The molecule has 7 N–H and O–H groups in total. The summed E-state index contributed by atoms with van der Waals surface area (Å²) in [4.78, 5) is 0. The van der Waals surface area contributed by atoms with Crippen molar-refractivity contribution in [3.05, 3.63) is 0 Å². The molecular formula is C12H21IO10. The number of rotatable bonds is 5. The molecule has 11 heteroatoms. The molecule has 9 atom stereocenters. The molecule has 23 heavy (non-hydrogen) atoms. The molecular weight excluding hydrogens is 431 g/mol. The van der Waals surface area contributed by atoms with E-state index in [1.54, 1.807) is 0 Å². The minimum Gasteiger partial charge on any atom is -0.394 e. The first-order valence-corrected chi connectivity index (χ1v) is 8.26. The van der Waals surface area contributed by atoms with Crippen molar-refractivity contribution in [1.82, 2.24) is 0 Å². The number of ether oxygens (including phenoxy) is 3. The molecule has 136 valence electrons. The second-order valence-electron chi connectivity index (χ2n) is 5.51. The maximum Gasteiger partial charge on any atom is 0.222 e. The van der Waals surface area contributed by atoms with Crippen molar-refractivity contribution >= 4 is 22.6 Å². The lowest BCUT2D eigenvalue weighted by Gasteiger charge is -2.43. The van der Waals surface area contributed by atoms with Crippen molar-refractivity contribution in [3.63, 3.8) is 0 Å². The number of alkyl halides is 1. The fraction of sp³-hybridized carbons (Fsp3) is 1.00. The minimum atomic E-state index is -1.98. The van der Waals surface area contributed by atoms with E-state index < -0.39 is 72.4 Å². The van der Waals surface area contributed by atoms with E-state index in [9.17, 15) is 30.6 Å². The van der Waals surface area contributed by atoms with Crippen molar-refractivity contribution in [2.24, 2.45) is 0 Å². The van der Waals surface area contributed by atoms with Gasteiger partial charge >= 0.3 is 0 Å². The van der Waals surface area contributed by atoms with Crippen LogP contribution in [-0.2, 0) is 14.2 Å². The van der Waals surface area contributed by atoms with Gasteiger partial charge in [0, 0.05) is 0 Å². The van der Waals surface area contributed by atoms with Crippen LogP contribution in [0.1, 0.15) is 0 Å². The predicted molar refractivity (Wildman–Crippen MR) is 80.4 cm³/mol. The van der Waals surface area contributed by atoms with Gasteiger partial charge in [-0.2, -0.15) is 0 Å². The van der Waals surface area contributed by atoms with E-state index in [1.165, 1.54) is 0 Å². The minimum absolute atomic E-state index is 0.426. The van der Waals surface area contributed by atoms with Crippen molar-refractivity contribution in [2.45, 2.75) is 52.6 Å². The monoisotopic (exact) mass is 452 g/mol. The summed E-state index contributed by atoms with van der Waals surface area (Å²) >= 11 is 1.83. The van der Waals surface area contributed by atoms with Crippen molar-refractivity contribution in [2.75, 3.05) is 19.8 Å². The molecule has 0 aromatic heterocycles. The Morgan fingerprint density at radius 2 is 1.52 bits per heavy atom. The molecule has 0 amide bonds. The van der Waals surface area contributed by atoms with Gasteiger partial charge in [0.05, 0.1) is 23.2 Å². The summed E-state index contributed by atoms with van der Waals surface area (Å²) in [7, 11) is 0. The van der Waals surface area contributed by atoms with E-state index in [0.29, 0.717) is 0 Å². The van der Waals surface area contributed by atoms with Gasteiger partial charge < -0.3 is 50.0 Å². The number of aliphatic hydroxyl groups excluding tert-OH is 7. The number of hydrogen-bond donors (Lipinski definition) is 7. The van der Waals surface area contributed by atoms with Crippen LogP contribution in [0.3, 0.4) is 0 Å². The Morgan fingerprint density at radius 1 is 0.913 bits per heavy atom. The van der Waals surface area contributed by atoms with Gasteiger partial charge in [0.2, 0.25) is 5.79 Å². The molecule has 2 heterocycles. The van der Waals surface area contributed by atoms with Gasteiger partial charge in [-0.05, 0) is 0 Å². The Hall–Kier alpha value is 0.330. The van der Waals surface area contributed by atoms with Crippen molar-refractivity contribution < 1.29 is 50.0 Å². The highest BCUT2D eigenvalue weighted by atomic mass is 127. The van der Waals surface area contributed by atoms with Gasteiger partial charge in [-0.1, -0.05) is 22.6 Å². The van der Waals surface area contributed by atoms with Crippen LogP contribution < -0.4 is 0 Å². The molecule has 10 nitrogen and oxygen atoms in total. The lowest BCUT2D eigenvalue weighted by molar-refractivity contribution is -0.383. The molecule has 2 aliphatic heterocycles. The van der Waals surface area contributed by atoms with E-state index in [-0.39, 0.29) is 0 Å². The molecule has 0 saturated carbocycles. The summed E-state index contributed by atoms with van der Waals surface area (Å²) in [6.45, 7) is -1.88. The van der Waals surface area contributed by atoms with Gasteiger partial charge in [-0.25, -0.2) is 0 Å². The molecule has 0 aliphatic carbocycles. The third kappa shape index (κ3) is 3.50. The average Bonchev–Trinajstić information content (AvgIpc) is 2.80. The van der Waals surface area contributed by atoms with Crippen molar-refractivity contribution in [1.29, 1.82) is 0 Å². The van der Waals surface area contributed by atoms with Gasteiger partial charge in [-0.15, -0.1) is 0 Å². The number of halogens is 1. The molecule has 0 aromatic rings.